The van der Waals surface area contributed by atoms with Crippen molar-refractivity contribution in [2.45, 2.75) is 11.9 Å². The summed E-state index contributed by atoms with van der Waals surface area (Å²) in [5.74, 6) is 0.506. The first-order valence-corrected chi connectivity index (χ1v) is 7.60. The first kappa shape index (κ1) is 16.7. The van der Waals surface area contributed by atoms with Crippen LogP contribution in [0.2, 0.25) is 0 Å². The van der Waals surface area contributed by atoms with Gasteiger partial charge in [-0.15, -0.1) is 0 Å². The average Bonchev–Trinajstić information content (AvgIpc) is 2.54. The minimum absolute atomic E-state index is 0.0225. The average molecular weight is 335 g/mol. The van der Waals surface area contributed by atoms with E-state index in [1.54, 1.807) is 13.0 Å². The highest BCUT2D eigenvalue weighted by molar-refractivity contribution is 7.99. The molecular weight excluding hydrogens is 322 g/mol. The summed E-state index contributed by atoms with van der Waals surface area (Å²) in [5.41, 5.74) is -0.0225. The van der Waals surface area contributed by atoms with Crippen molar-refractivity contribution in [3.63, 3.8) is 0 Å². The molecule has 8 nitrogen and oxygen atoms in total. The Hall–Kier alpha value is -2.68. The third-order valence-corrected chi connectivity index (χ3v) is 3.43. The zero-order chi connectivity index (χ0) is 16.7. The van der Waals surface area contributed by atoms with Crippen molar-refractivity contribution in [1.82, 2.24) is 9.97 Å². The number of non-ortho nitro benzene ring substituents is 1. The minimum Gasteiger partial charge on any atom is -0.465 e. The standard InChI is InChI=1S/C14H13N3O5S/c1-2-21-14(18)8-23-13-7-12(15-9-16-13)22-11-5-3-10(4-6-11)17(19)20/h3-7,9H,2,8H2,1H3. The first-order valence-electron chi connectivity index (χ1n) is 6.61. The van der Waals surface area contributed by atoms with Crippen LogP contribution in [0.25, 0.3) is 0 Å². The number of nitro benzene ring substituents is 1. The van der Waals surface area contributed by atoms with Crippen molar-refractivity contribution in [2.75, 3.05) is 12.4 Å². The van der Waals surface area contributed by atoms with E-state index in [-0.39, 0.29) is 23.3 Å². The summed E-state index contributed by atoms with van der Waals surface area (Å²) in [5, 5.41) is 11.2. The molecule has 1 aromatic carbocycles. The van der Waals surface area contributed by atoms with Gasteiger partial charge in [-0.25, -0.2) is 9.97 Å². The van der Waals surface area contributed by atoms with Crippen molar-refractivity contribution >= 4 is 23.4 Å². The summed E-state index contributed by atoms with van der Waals surface area (Å²) in [4.78, 5) is 29.4. The number of carbonyl (C=O) groups excluding carboxylic acids is 1. The smallest absolute Gasteiger partial charge is 0.316 e. The third-order valence-electron chi connectivity index (χ3n) is 2.53. The van der Waals surface area contributed by atoms with Gasteiger partial charge in [-0.3, -0.25) is 14.9 Å². The highest BCUT2D eigenvalue weighted by Crippen LogP contribution is 2.24. The topological polar surface area (TPSA) is 104 Å². The molecule has 0 aliphatic rings. The second kappa shape index (κ2) is 8.08. The molecule has 0 unspecified atom stereocenters. The van der Waals surface area contributed by atoms with Crippen LogP contribution in [-0.4, -0.2) is 33.2 Å². The minimum atomic E-state index is -0.488. The van der Waals surface area contributed by atoms with E-state index in [2.05, 4.69) is 9.97 Å². The Morgan fingerprint density at radius 2 is 2.04 bits per heavy atom. The Bertz CT molecular complexity index is 693. The molecular formula is C14H13N3O5S. The molecule has 0 N–H and O–H groups in total. The van der Waals surface area contributed by atoms with Crippen LogP contribution in [0.15, 0.2) is 41.7 Å². The third kappa shape index (κ3) is 5.22. The number of esters is 1. The molecule has 0 aliphatic heterocycles. The Balaban J connectivity index is 1.99. The van der Waals surface area contributed by atoms with Crippen LogP contribution in [0.5, 0.6) is 11.6 Å². The Morgan fingerprint density at radius 1 is 1.30 bits per heavy atom. The predicted octanol–water partition coefficient (Wildman–Crippen LogP) is 2.83. The monoisotopic (exact) mass is 335 g/mol. The molecule has 1 heterocycles. The lowest BCUT2D eigenvalue weighted by Gasteiger charge is -2.05. The van der Waals surface area contributed by atoms with Crippen LogP contribution in [0.1, 0.15) is 6.92 Å². The lowest BCUT2D eigenvalue weighted by molar-refractivity contribution is -0.384. The Labute approximate surface area is 136 Å². The number of hydrogen-bond acceptors (Lipinski definition) is 8. The summed E-state index contributed by atoms with van der Waals surface area (Å²) in [6, 6.07) is 7.21. The number of ether oxygens (including phenoxy) is 2. The van der Waals surface area contributed by atoms with E-state index in [9.17, 15) is 14.9 Å². The van der Waals surface area contributed by atoms with Crippen LogP contribution in [0.4, 0.5) is 5.69 Å². The van der Waals surface area contributed by atoms with Gasteiger partial charge in [0.15, 0.2) is 0 Å². The maximum absolute atomic E-state index is 11.3. The van der Waals surface area contributed by atoms with Crippen molar-refractivity contribution in [2.24, 2.45) is 0 Å². The first-order chi connectivity index (χ1) is 11.1. The van der Waals surface area contributed by atoms with Crippen LogP contribution < -0.4 is 4.74 Å². The molecule has 23 heavy (non-hydrogen) atoms. The summed E-state index contributed by atoms with van der Waals surface area (Å²) >= 11 is 1.20. The van der Waals surface area contributed by atoms with E-state index in [1.807, 2.05) is 0 Å². The molecule has 0 spiro atoms. The summed E-state index contributed by atoms with van der Waals surface area (Å²) in [6.07, 6.45) is 1.31. The molecule has 0 bridgehead atoms. The predicted molar refractivity (Wildman–Crippen MR) is 82.6 cm³/mol. The molecule has 0 saturated carbocycles. The molecule has 9 heteroatoms. The van der Waals surface area contributed by atoms with E-state index >= 15 is 0 Å². The van der Waals surface area contributed by atoms with Gasteiger partial charge in [0.1, 0.15) is 17.1 Å². The molecule has 120 valence electrons. The second-order valence-corrected chi connectivity index (χ2v) is 5.14. The van der Waals surface area contributed by atoms with Gasteiger partial charge >= 0.3 is 5.97 Å². The van der Waals surface area contributed by atoms with E-state index < -0.39 is 4.92 Å². The maximum atomic E-state index is 11.3. The van der Waals surface area contributed by atoms with Gasteiger partial charge in [-0.2, -0.15) is 0 Å². The molecule has 0 radical (unpaired) electrons. The van der Waals surface area contributed by atoms with E-state index in [4.69, 9.17) is 9.47 Å². The highest BCUT2D eigenvalue weighted by Gasteiger charge is 2.08. The number of nitro groups is 1. The Morgan fingerprint density at radius 3 is 2.70 bits per heavy atom. The van der Waals surface area contributed by atoms with Gasteiger partial charge in [0.2, 0.25) is 5.88 Å². The zero-order valence-corrected chi connectivity index (χ0v) is 13.0. The summed E-state index contributed by atoms with van der Waals surface area (Å²) < 4.78 is 10.3. The van der Waals surface area contributed by atoms with Crippen molar-refractivity contribution < 1.29 is 19.2 Å². The quantitative estimate of drug-likeness (QED) is 0.250. The van der Waals surface area contributed by atoms with E-state index in [0.717, 1.165) is 0 Å². The molecule has 0 aliphatic carbocycles. The molecule has 1 aromatic heterocycles. The molecule has 0 atom stereocenters. The van der Waals surface area contributed by atoms with Gasteiger partial charge in [-0.1, -0.05) is 11.8 Å². The number of hydrogen-bond donors (Lipinski definition) is 0. The molecule has 0 amide bonds. The SMILES string of the molecule is CCOC(=O)CSc1cc(Oc2ccc([N+](=O)[O-])cc2)ncn1. The zero-order valence-electron chi connectivity index (χ0n) is 12.2. The van der Waals surface area contributed by atoms with Crippen LogP contribution in [-0.2, 0) is 9.53 Å². The number of benzene rings is 1. The molecule has 2 rings (SSSR count). The number of carbonyl (C=O) groups is 1. The van der Waals surface area contributed by atoms with Crippen LogP contribution >= 0.6 is 11.8 Å². The van der Waals surface area contributed by atoms with Crippen LogP contribution in [0.3, 0.4) is 0 Å². The second-order valence-electron chi connectivity index (χ2n) is 4.14. The van der Waals surface area contributed by atoms with Crippen molar-refractivity contribution in [3.8, 4) is 11.6 Å². The van der Waals surface area contributed by atoms with E-state index in [1.165, 1.54) is 42.4 Å². The van der Waals surface area contributed by atoms with Crippen LogP contribution in [0, 0.1) is 10.1 Å². The fourth-order valence-electron chi connectivity index (χ4n) is 1.55. The lowest BCUT2D eigenvalue weighted by Crippen LogP contribution is -2.06. The summed E-state index contributed by atoms with van der Waals surface area (Å²) in [7, 11) is 0. The molecule has 0 saturated heterocycles. The fourth-order valence-corrected chi connectivity index (χ4v) is 2.20. The number of thioether (sulfide) groups is 1. The number of nitrogens with zero attached hydrogens (tertiary/aromatic N) is 3. The normalized spacial score (nSPS) is 10.1. The molecule has 0 fully saturated rings. The number of aromatic nitrogens is 2. The van der Waals surface area contributed by atoms with Gasteiger partial charge in [-0.05, 0) is 19.1 Å². The Kier molecular flexibility index (Phi) is 5.87. The fraction of sp³-hybridized carbons (Fsp3) is 0.214. The van der Waals surface area contributed by atoms with E-state index in [0.29, 0.717) is 17.4 Å². The van der Waals surface area contributed by atoms with Gasteiger partial charge in [0.05, 0.1) is 17.3 Å². The van der Waals surface area contributed by atoms with Gasteiger partial charge in [0, 0.05) is 18.2 Å². The van der Waals surface area contributed by atoms with Crippen molar-refractivity contribution in [3.05, 3.63) is 46.8 Å². The van der Waals surface area contributed by atoms with Crippen molar-refractivity contribution in [1.29, 1.82) is 0 Å². The van der Waals surface area contributed by atoms with Gasteiger partial charge in [0.25, 0.3) is 5.69 Å². The lowest BCUT2D eigenvalue weighted by atomic mass is 10.3. The number of rotatable bonds is 7. The molecule has 2 aromatic rings. The van der Waals surface area contributed by atoms with Gasteiger partial charge < -0.3 is 9.47 Å². The highest BCUT2D eigenvalue weighted by atomic mass is 32.2. The largest absolute Gasteiger partial charge is 0.465 e. The maximum Gasteiger partial charge on any atom is 0.316 e. The summed E-state index contributed by atoms with van der Waals surface area (Å²) in [6.45, 7) is 2.07.